The lowest BCUT2D eigenvalue weighted by molar-refractivity contribution is 0.400. The average Bonchev–Trinajstić information content (AvgIpc) is 2.82. The molecule has 1 fully saturated rings. The van der Waals surface area contributed by atoms with Gasteiger partial charge < -0.3 is 10.5 Å². The molecule has 4 nitrogen and oxygen atoms in total. The lowest BCUT2D eigenvalue weighted by Crippen LogP contribution is -2.31. The van der Waals surface area contributed by atoms with Gasteiger partial charge in [-0.25, -0.2) is 0 Å². The standard InChI is InChI=1S/C12H21N3OS2/c1-3-4-15-12(9(16-2)7-14-15)11(13)10-8-17-5-6-18-10/h7,10-11H,3-6,8,13H2,1-2H3. The van der Waals surface area contributed by atoms with Gasteiger partial charge in [0.05, 0.1) is 25.0 Å². The van der Waals surface area contributed by atoms with Gasteiger partial charge in [0.15, 0.2) is 5.75 Å². The Morgan fingerprint density at radius 2 is 2.44 bits per heavy atom. The predicted octanol–water partition coefficient (Wildman–Crippen LogP) is 2.15. The van der Waals surface area contributed by atoms with Crippen molar-refractivity contribution < 1.29 is 4.74 Å². The molecule has 0 spiro atoms. The summed E-state index contributed by atoms with van der Waals surface area (Å²) < 4.78 is 7.41. The molecule has 1 aliphatic heterocycles. The summed E-state index contributed by atoms with van der Waals surface area (Å²) >= 11 is 3.96. The summed E-state index contributed by atoms with van der Waals surface area (Å²) in [5.74, 6) is 4.37. The van der Waals surface area contributed by atoms with Gasteiger partial charge in [0, 0.05) is 29.1 Å². The minimum atomic E-state index is 0.00630. The number of nitrogens with zero attached hydrogens (tertiary/aromatic N) is 2. The zero-order valence-corrected chi connectivity index (χ0v) is 12.6. The highest BCUT2D eigenvalue weighted by molar-refractivity contribution is 8.06. The van der Waals surface area contributed by atoms with Crippen LogP contribution in [0.15, 0.2) is 6.20 Å². The summed E-state index contributed by atoms with van der Waals surface area (Å²) in [5, 5.41) is 4.85. The van der Waals surface area contributed by atoms with Gasteiger partial charge in [-0.3, -0.25) is 4.68 Å². The Kier molecular flexibility index (Phi) is 5.26. The number of rotatable bonds is 5. The summed E-state index contributed by atoms with van der Waals surface area (Å²) in [7, 11) is 1.69. The lowest BCUT2D eigenvalue weighted by atomic mass is 10.1. The Balaban J connectivity index is 2.20. The highest BCUT2D eigenvalue weighted by Crippen LogP contribution is 2.35. The van der Waals surface area contributed by atoms with Crippen molar-refractivity contribution in [3.8, 4) is 5.75 Å². The number of aryl methyl sites for hydroxylation is 1. The predicted molar refractivity (Wildman–Crippen MR) is 79.6 cm³/mol. The molecule has 1 aromatic heterocycles. The Hall–Kier alpha value is -0.330. The van der Waals surface area contributed by atoms with Gasteiger partial charge in [-0.1, -0.05) is 6.92 Å². The first-order chi connectivity index (χ1) is 8.77. The first-order valence-corrected chi connectivity index (χ1v) is 8.52. The van der Waals surface area contributed by atoms with E-state index in [4.69, 9.17) is 10.5 Å². The number of aromatic nitrogens is 2. The van der Waals surface area contributed by atoms with Crippen molar-refractivity contribution in [3.05, 3.63) is 11.9 Å². The van der Waals surface area contributed by atoms with E-state index in [1.165, 1.54) is 11.5 Å². The second-order valence-corrected chi connectivity index (χ2v) is 6.83. The van der Waals surface area contributed by atoms with E-state index in [1.54, 1.807) is 13.3 Å². The molecule has 2 N–H and O–H groups in total. The van der Waals surface area contributed by atoms with Crippen LogP contribution in [0.25, 0.3) is 0 Å². The van der Waals surface area contributed by atoms with Crippen LogP contribution >= 0.6 is 23.5 Å². The van der Waals surface area contributed by atoms with E-state index < -0.39 is 0 Å². The van der Waals surface area contributed by atoms with Crippen molar-refractivity contribution in [3.63, 3.8) is 0 Å². The SMILES string of the molecule is CCCn1ncc(OC)c1C(N)C1CSCCS1. The van der Waals surface area contributed by atoms with Crippen LogP contribution in [-0.4, -0.2) is 39.4 Å². The van der Waals surface area contributed by atoms with Gasteiger partial charge in [0.25, 0.3) is 0 Å². The summed E-state index contributed by atoms with van der Waals surface area (Å²) in [6.45, 7) is 3.05. The second-order valence-electron chi connectivity index (χ2n) is 4.33. The molecule has 0 radical (unpaired) electrons. The Morgan fingerprint density at radius 1 is 1.61 bits per heavy atom. The molecule has 0 amide bonds. The van der Waals surface area contributed by atoms with E-state index in [1.807, 2.05) is 28.2 Å². The Morgan fingerprint density at radius 3 is 3.06 bits per heavy atom. The van der Waals surface area contributed by atoms with E-state index in [0.29, 0.717) is 5.25 Å². The van der Waals surface area contributed by atoms with Gasteiger partial charge in [0.1, 0.15) is 0 Å². The topological polar surface area (TPSA) is 53.1 Å². The van der Waals surface area contributed by atoms with Crippen LogP contribution in [0.4, 0.5) is 0 Å². The lowest BCUT2D eigenvalue weighted by Gasteiger charge is -2.27. The first-order valence-electron chi connectivity index (χ1n) is 6.32. The van der Waals surface area contributed by atoms with Crippen LogP contribution < -0.4 is 10.5 Å². The average molecular weight is 287 g/mol. The fourth-order valence-corrected chi connectivity index (χ4v) is 4.93. The molecule has 2 unspecified atom stereocenters. The molecule has 2 rings (SSSR count). The maximum Gasteiger partial charge on any atom is 0.161 e. The van der Waals surface area contributed by atoms with Crippen molar-refractivity contribution in [2.24, 2.45) is 5.73 Å². The van der Waals surface area contributed by atoms with E-state index in [-0.39, 0.29) is 6.04 Å². The maximum atomic E-state index is 6.45. The molecule has 0 aliphatic carbocycles. The molecule has 2 heterocycles. The minimum absolute atomic E-state index is 0.00630. The maximum absolute atomic E-state index is 6.45. The number of ether oxygens (including phenoxy) is 1. The van der Waals surface area contributed by atoms with Crippen LogP contribution in [0.3, 0.4) is 0 Å². The van der Waals surface area contributed by atoms with Crippen molar-refractivity contribution in [2.75, 3.05) is 24.4 Å². The fourth-order valence-electron chi connectivity index (χ4n) is 2.15. The van der Waals surface area contributed by atoms with E-state index in [9.17, 15) is 0 Å². The molecule has 1 aliphatic rings. The third-order valence-electron chi connectivity index (χ3n) is 3.06. The van der Waals surface area contributed by atoms with Crippen LogP contribution in [0, 0.1) is 0 Å². The number of methoxy groups -OCH3 is 1. The summed E-state index contributed by atoms with van der Waals surface area (Å²) in [4.78, 5) is 0. The number of nitrogens with two attached hydrogens (primary N) is 1. The molecule has 1 aromatic rings. The molecule has 2 atom stereocenters. The molecule has 1 saturated heterocycles. The van der Waals surface area contributed by atoms with Crippen LogP contribution in [0.5, 0.6) is 5.75 Å². The number of hydrogen-bond acceptors (Lipinski definition) is 5. The van der Waals surface area contributed by atoms with Crippen LogP contribution in [0.2, 0.25) is 0 Å². The quantitative estimate of drug-likeness (QED) is 0.899. The van der Waals surface area contributed by atoms with Crippen LogP contribution in [0.1, 0.15) is 25.1 Å². The molecule has 0 saturated carbocycles. The molecular formula is C12H21N3OS2. The van der Waals surface area contributed by atoms with E-state index >= 15 is 0 Å². The monoisotopic (exact) mass is 287 g/mol. The van der Waals surface area contributed by atoms with E-state index in [0.717, 1.165) is 30.2 Å². The minimum Gasteiger partial charge on any atom is -0.493 e. The van der Waals surface area contributed by atoms with Gasteiger partial charge in [-0.05, 0) is 6.42 Å². The van der Waals surface area contributed by atoms with Crippen molar-refractivity contribution in [1.82, 2.24) is 9.78 Å². The van der Waals surface area contributed by atoms with Crippen LogP contribution in [-0.2, 0) is 6.54 Å². The summed E-state index contributed by atoms with van der Waals surface area (Å²) in [6, 6.07) is 0.00630. The normalized spacial score (nSPS) is 21.8. The third-order valence-corrected chi connectivity index (χ3v) is 5.94. The molecule has 0 aromatic carbocycles. The number of thioether (sulfide) groups is 2. The van der Waals surface area contributed by atoms with Crippen molar-refractivity contribution in [2.45, 2.75) is 31.2 Å². The summed E-state index contributed by atoms with van der Waals surface area (Å²) in [6.07, 6.45) is 2.84. The van der Waals surface area contributed by atoms with Gasteiger partial charge >= 0.3 is 0 Å². The Labute approximate surface area is 117 Å². The Bertz CT molecular complexity index is 377. The molecule has 6 heteroatoms. The zero-order valence-electron chi connectivity index (χ0n) is 11.0. The highest BCUT2D eigenvalue weighted by atomic mass is 32.2. The van der Waals surface area contributed by atoms with Crippen molar-refractivity contribution >= 4 is 23.5 Å². The third kappa shape index (κ3) is 2.97. The highest BCUT2D eigenvalue weighted by Gasteiger charge is 2.28. The first kappa shape index (κ1) is 14.1. The molecule has 102 valence electrons. The van der Waals surface area contributed by atoms with Gasteiger partial charge in [-0.15, -0.1) is 0 Å². The van der Waals surface area contributed by atoms with Gasteiger partial charge in [0.2, 0.25) is 0 Å². The largest absolute Gasteiger partial charge is 0.493 e. The fraction of sp³-hybridized carbons (Fsp3) is 0.750. The zero-order chi connectivity index (χ0) is 13.0. The smallest absolute Gasteiger partial charge is 0.161 e. The summed E-state index contributed by atoms with van der Waals surface area (Å²) in [5.41, 5.74) is 7.50. The molecule has 0 bridgehead atoms. The molecular weight excluding hydrogens is 266 g/mol. The number of hydrogen-bond donors (Lipinski definition) is 1. The van der Waals surface area contributed by atoms with Crippen molar-refractivity contribution in [1.29, 1.82) is 0 Å². The van der Waals surface area contributed by atoms with E-state index in [2.05, 4.69) is 12.0 Å². The van der Waals surface area contributed by atoms with Gasteiger partial charge in [-0.2, -0.15) is 28.6 Å². The second kappa shape index (κ2) is 6.73. The molecule has 18 heavy (non-hydrogen) atoms.